The molecule has 0 fully saturated rings. The molecule has 0 saturated carbocycles. The zero-order valence-electron chi connectivity index (χ0n) is 10.4. The van der Waals surface area contributed by atoms with Crippen LogP contribution >= 0.6 is 0 Å². The van der Waals surface area contributed by atoms with Gasteiger partial charge in [0.15, 0.2) is 0 Å². The average molecular weight is 227 g/mol. The number of carbonyl (C=O) groups is 2. The van der Waals surface area contributed by atoms with E-state index >= 15 is 0 Å². The van der Waals surface area contributed by atoms with Gasteiger partial charge in [0, 0.05) is 26.1 Å². The second kappa shape index (κ2) is 7.91. The van der Waals surface area contributed by atoms with Crippen molar-refractivity contribution < 1.29 is 14.3 Å². The second-order valence-corrected chi connectivity index (χ2v) is 3.92. The summed E-state index contributed by atoms with van der Waals surface area (Å²) in [5.74, 6) is -0.255. The molecule has 16 heavy (non-hydrogen) atoms. The number of amides is 1. The molecule has 0 heterocycles. The first kappa shape index (κ1) is 14.7. The summed E-state index contributed by atoms with van der Waals surface area (Å²) in [6, 6.07) is 0. The largest absolute Gasteiger partial charge is 0.462 e. The molecule has 0 aromatic rings. The predicted octanol–water partition coefficient (Wildman–Crippen LogP) is 1.75. The van der Waals surface area contributed by atoms with Crippen molar-refractivity contribution >= 4 is 11.9 Å². The lowest BCUT2D eigenvalue weighted by Gasteiger charge is -2.14. The SMILES string of the molecule is C=C(C)C(=O)OCCCCCN(C)C(C)=O. The lowest BCUT2D eigenvalue weighted by molar-refractivity contribution is -0.139. The zero-order valence-corrected chi connectivity index (χ0v) is 10.4. The van der Waals surface area contributed by atoms with Crippen molar-refractivity contribution in [3.63, 3.8) is 0 Å². The third-order valence-electron chi connectivity index (χ3n) is 2.26. The van der Waals surface area contributed by atoms with E-state index in [1.54, 1.807) is 25.8 Å². The van der Waals surface area contributed by atoms with Crippen LogP contribution in [0.2, 0.25) is 0 Å². The maximum absolute atomic E-state index is 11.0. The van der Waals surface area contributed by atoms with Crippen LogP contribution in [0.1, 0.15) is 33.1 Å². The Morgan fingerprint density at radius 2 is 1.81 bits per heavy atom. The molecule has 0 rings (SSSR count). The third-order valence-corrected chi connectivity index (χ3v) is 2.26. The third kappa shape index (κ3) is 7.04. The molecule has 0 spiro atoms. The topological polar surface area (TPSA) is 46.6 Å². The highest BCUT2D eigenvalue weighted by atomic mass is 16.5. The van der Waals surface area contributed by atoms with Crippen LogP contribution in [0.15, 0.2) is 12.2 Å². The Labute approximate surface area is 97.3 Å². The number of hydrogen-bond acceptors (Lipinski definition) is 3. The quantitative estimate of drug-likeness (QED) is 0.378. The Morgan fingerprint density at radius 1 is 1.19 bits per heavy atom. The highest BCUT2D eigenvalue weighted by molar-refractivity contribution is 5.86. The zero-order chi connectivity index (χ0) is 12.6. The fraction of sp³-hybridized carbons (Fsp3) is 0.667. The first-order valence-corrected chi connectivity index (χ1v) is 5.49. The minimum absolute atomic E-state index is 0.0775. The van der Waals surface area contributed by atoms with Gasteiger partial charge in [0.25, 0.3) is 0 Å². The molecule has 1 amide bonds. The molecule has 92 valence electrons. The van der Waals surface area contributed by atoms with Crippen LogP contribution in [0.4, 0.5) is 0 Å². The Balaban J connectivity index is 3.38. The summed E-state index contributed by atoms with van der Waals surface area (Å²) in [6.45, 7) is 7.85. The summed E-state index contributed by atoms with van der Waals surface area (Å²) in [5.41, 5.74) is 0.427. The van der Waals surface area contributed by atoms with Crippen molar-refractivity contribution in [1.82, 2.24) is 4.90 Å². The second-order valence-electron chi connectivity index (χ2n) is 3.92. The summed E-state index contributed by atoms with van der Waals surface area (Å²) in [5, 5.41) is 0. The van der Waals surface area contributed by atoms with Crippen molar-refractivity contribution in [3.05, 3.63) is 12.2 Å². The molecular formula is C12H21NO3. The lowest BCUT2D eigenvalue weighted by Crippen LogP contribution is -2.24. The van der Waals surface area contributed by atoms with Crippen molar-refractivity contribution in [2.24, 2.45) is 0 Å². The molecule has 0 N–H and O–H groups in total. The number of esters is 1. The molecule has 0 aromatic carbocycles. The van der Waals surface area contributed by atoms with Gasteiger partial charge >= 0.3 is 5.97 Å². The van der Waals surface area contributed by atoms with Gasteiger partial charge in [0.2, 0.25) is 5.91 Å². The number of ether oxygens (including phenoxy) is 1. The molecule has 0 aliphatic carbocycles. The Morgan fingerprint density at radius 3 is 2.31 bits per heavy atom. The van der Waals surface area contributed by atoms with E-state index < -0.39 is 0 Å². The number of carbonyl (C=O) groups excluding carboxylic acids is 2. The molecule has 0 aliphatic heterocycles. The van der Waals surface area contributed by atoms with Crippen molar-refractivity contribution in [2.45, 2.75) is 33.1 Å². The number of unbranched alkanes of at least 4 members (excludes halogenated alkanes) is 2. The van der Waals surface area contributed by atoms with Crippen LogP contribution < -0.4 is 0 Å². The van der Waals surface area contributed by atoms with Gasteiger partial charge in [0.05, 0.1) is 6.61 Å². The lowest BCUT2D eigenvalue weighted by atomic mass is 10.2. The predicted molar refractivity (Wildman–Crippen MR) is 62.9 cm³/mol. The first-order valence-electron chi connectivity index (χ1n) is 5.49. The molecule has 0 aromatic heterocycles. The van der Waals surface area contributed by atoms with E-state index in [-0.39, 0.29) is 11.9 Å². The van der Waals surface area contributed by atoms with E-state index in [0.717, 1.165) is 25.8 Å². The summed E-state index contributed by atoms with van der Waals surface area (Å²) in [7, 11) is 1.78. The van der Waals surface area contributed by atoms with Gasteiger partial charge in [-0.1, -0.05) is 6.58 Å². The molecule has 0 atom stereocenters. The van der Waals surface area contributed by atoms with Crippen LogP contribution in [0.25, 0.3) is 0 Å². The monoisotopic (exact) mass is 227 g/mol. The van der Waals surface area contributed by atoms with Crippen molar-refractivity contribution in [3.8, 4) is 0 Å². The molecule has 0 unspecified atom stereocenters. The molecular weight excluding hydrogens is 206 g/mol. The van der Waals surface area contributed by atoms with Crippen LogP contribution in [0.5, 0.6) is 0 Å². The normalized spacial score (nSPS) is 9.69. The molecule has 0 radical (unpaired) electrons. The Kier molecular flexibility index (Phi) is 7.25. The van der Waals surface area contributed by atoms with E-state index in [2.05, 4.69) is 6.58 Å². The highest BCUT2D eigenvalue weighted by Crippen LogP contribution is 2.00. The van der Waals surface area contributed by atoms with Crippen molar-refractivity contribution in [2.75, 3.05) is 20.2 Å². The molecule has 4 heteroatoms. The smallest absolute Gasteiger partial charge is 0.333 e. The van der Waals surface area contributed by atoms with Gasteiger partial charge in [-0.2, -0.15) is 0 Å². The maximum atomic E-state index is 11.0. The van der Waals surface area contributed by atoms with Gasteiger partial charge in [-0.15, -0.1) is 0 Å². The fourth-order valence-electron chi connectivity index (χ4n) is 1.07. The molecule has 0 aliphatic rings. The van der Waals surface area contributed by atoms with E-state index in [9.17, 15) is 9.59 Å². The number of nitrogens with zero attached hydrogens (tertiary/aromatic N) is 1. The van der Waals surface area contributed by atoms with Crippen LogP contribution in [-0.2, 0) is 14.3 Å². The average Bonchev–Trinajstić information content (AvgIpc) is 2.21. The van der Waals surface area contributed by atoms with Gasteiger partial charge in [-0.05, 0) is 26.2 Å². The summed E-state index contributed by atoms with van der Waals surface area (Å²) in [6.07, 6.45) is 2.70. The summed E-state index contributed by atoms with van der Waals surface area (Å²) in [4.78, 5) is 23.6. The van der Waals surface area contributed by atoms with E-state index in [1.165, 1.54) is 0 Å². The molecule has 0 saturated heterocycles. The van der Waals surface area contributed by atoms with Gasteiger partial charge in [-0.25, -0.2) is 4.79 Å². The minimum Gasteiger partial charge on any atom is -0.462 e. The summed E-state index contributed by atoms with van der Waals surface area (Å²) >= 11 is 0. The van der Waals surface area contributed by atoms with Crippen LogP contribution in [-0.4, -0.2) is 37.0 Å². The summed E-state index contributed by atoms with van der Waals surface area (Å²) < 4.78 is 4.94. The van der Waals surface area contributed by atoms with Gasteiger partial charge < -0.3 is 9.64 Å². The van der Waals surface area contributed by atoms with Gasteiger partial charge in [-0.3, -0.25) is 4.79 Å². The Hall–Kier alpha value is -1.32. The van der Waals surface area contributed by atoms with Crippen LogP contribution in [0, 0.1) is 0 Å². The molecule has 4 nitrogen and oxygen atoms in total. The van der Waals surface area contributed by atoms with E-state index in [4.69, 9.17) is 4.74 Å². The number of hydrogen-bond donors (Lipinski definition) is 0. The van der Waals surface area contributed by atoms with Crippen LogP contribution in [0.3, 0.4) is 0 Å². The van der Waals surface area contributed by atoms with Gasteiger partial charge in [0.1, 0.15) is 0 Å². The fourth-order valence-corrected chi connectivity index (χ4v) is 1.07. The van der Waals surface area contributed by atoms with E-state index in [1.807, 2.05) is 0 Å². The van der Waals surface area contributed by atoms with E-state index in [0.29, 0.717) is 12.2 Å². The molecule has 0 bridgehead atoms. The van der Waals surface area contributed by atoms with Crippen molar-refractivity contribution in [1.29, 1.82) is 0 Å². The highest BCUT2D eigenvalue weighted by Gasteiger charge is 2.03. The number of rotatable bonds is 7. The Bertz CT molecular complexity index is 261. The maximum Gasteiger partial charge on any atom is 0.333 e. The standard InChI is InChI=1S/C12H21NO3/c1-10(2)12(15)16-9-7-5-6-8-13(4)11(3)14/h1,5-9H2,2-4H3. The minimum atomic E-state index is -0.333. The first-order chi connectivity index (χ1) is 7.45.